The van der Waals surface area contributed by atoms with Crippen molar-refractivity contribution >= 4 is 5.91 Å². The predicted molar refractivity (Wildman–Crippen MR) is 106 cm³/mol. The summed E-state index contributed by atoms with van der Waals surface area (Å²) in [7, 11) is 1.56. The fourth-order valence-electron chi connectivity index (χ4n) is 4.20. The van der Waals surface area contributed by atoms with Crippen LogP contribution in [0.2, 0.25) is 0 Å². The largest absolute Gasteiger partial charge is 0.481 e. The Kier molecular flexibility index (Phi) is 5.88. The van der Waals surface area contributed by atoms with Gasteiger partial charge in [-0.3, -0.25) is 4.79 Å². The second-order valence-electron chi connectivity index (χ2n) is 7.36. The minimum atomic E-state index is -0.109. The number of morpholine rings is 1. The first kappa shape index (κ1) is 18.9. The van der Waals surface area contributed by atoms with Gasteiger partial charge in [0.2, 0.25) is 5.88 Å². The number of rotatable bonds is 5. The smallest absolute Gasteiger partial charge is 0.254 e. The van der Waals surface area contributed by atoms with E-state index in [1.54, 1.807) is 25.4 Å². The van der Waals surface area contributed by atoms with E-state index in [4.69, 9.17) is 9.47 Å². The monoisotopic (exact) mass is 381 g/mol. The molecule has 0 aliphatic carbocycles. The average Bonchev–Trinajstić information content (AvgIpc) is 3.27. The number of carbonyl (C=O) groups is 1. The molecule has 1 aromatic heterocycles. The molecule has 2 aromatic rings. The lowest BCUT2D eigenvalue weighted by Crippen LogP contribution is -2.51. The summed E-state index contributed by atoms with van der Waals surface area (Å²) in [4.78, 5) is 21.9. The van der Waals surface area contributed by atoms with E-state index in [-0.39, 0.29) is 18.1 Å². The lowest BCUT2D eigenvalue weighted by Gasteiger charge is -2.42. The van der Waals surface area contributed by atoms with Crippen molar-refractivity contribution in [3.8, 4) is 5.88 Å². The van der Waals surface area contributed by atoms with E-state index in [1.807, 2.05) is 23.1 Å². The zero-order chi connectivity index (χ0) is 19.3. The van der Waals surface area contributed by atoms with E-state index in [0.29, 0.717) is 24.6 Å². The molecule has 0 radical (unpaired) electrons. The SMILES string of the molecule is COc1cc(C(=O)N2CCO[C@@H](CN3CCCC3)[C@@H]2c2ccccc2)ccn1. The number of ether oxygens (including phenoxy) is 2. The van der Waals surface area contributed by atoms with Crippen molar-refractivity contribution in [1.29, 1.82) is 0 Å². The number of hydrogen-bond donors (Lipinski definition) is 0. The molecule has 2 atom stereocenters. The van der Waals surface area contributed by atoms with E-state index in [2.05, 4.69) is 22.0 Å². The Labute approximate surface area is 166 Å². The van der Waals surface area contributed by atoms with Crippen LogP contribution in [0.3, 0.4) is 0 Å². The van der Waals surface area contributed by atoms with Crippen molar-refractivity contribution in [2.24, 2.45) is 0 Å². The number of benzene rings is 1. The zero-order valence-corrected chi connectivity index (χ0v) is 16.3. The van der Waals surface area contributed by atoms with Gasteiger partial charge in [0.15, 0.2) is 0 Å². The molecule has 2 fully saturated rings. The molecule has 4 rings (SSSR count). The van der Waals surface area contributed by atoms with E-state index in [1.165, 1.54) is 12.8 Å². The number of nitrogens with zero attached hydrogens (tertiary/aromatic N) is 3. The van der Waals surface area contributed by atoms with Gasteiger partial charge in [0, 0.05) is 30.9 Å². The molecular weight excluding hydrogens is 354 g/mol. The van der Waals surface area contributed by atoms with Crippen molar-refractivity contribution in [1.82, 2.24) is 14.8 Å². The first-order chi connectivity index (χ1) is 13.8. The Morgan fingerprint density at radius 2 is 1.96 bits per heavy atom. The summed E-state index contributed by atoms with van der Waals surface area (Å²) in [5, 5.41) is 0. The molecule has 2 saturated heterocycles. The minimum Gasteiger partial charge on any atom is -0.481 e. The summed E-state index contributed by atoms with van der Waals surface area (Å²) >= 11 is 0. The molecule has 2 aliphatic heterocycles. The summed E-state index contributed by atoms with van der Waals surface area (Å²) in [5.74, 6) is 0.438. The maximum Gasteiger partial charge on any atom is 0.254 e. The van der Waals surface area contributed by atoms with Crippen molar-refractivity contribution in [2.75, 3.05) is 39.9 Å². The van der Waals surface area contributed by atoms with Gasteiger partial charge in [0.05, 0.1) is 25.9 Å². The minimum absolute atomic E-state index is 0.00993. The van der Waals surface area contributed by atoms with Crippen LogP contribution in [0.4, 0.5) is 0 Å². The fourth-order valence-corrected chi connectivity index (χ4v) is 4.20. The molecule has 1 aromatic carbocycles. The van der Waals surface area contributed by atoms with Gasteiger partial charge in [-0.1, -0.05) is 30.3 Å². The number of pyridine rings is 1. The van der Waals surface area contributed by atoms with E-state index >= 15 is 0 Å². The van der Waals surface area contributed by atoms with Crippen LogP contribution >= 0.6 is 0 Å². The molecule has 0 bridgehead atoms. The number of carbonyl (C=O) groups excluding carboxylic acids is 1. The van der Waals surface area contributed by atoms with Crippen LogP contribution in [0.5, 0.6) is 5.88 Å². The molecule has 6 heteroatoms. The molecule has 0 spiro atoms. The summed E-state index contributed by atoms with van der Waals surface area (Å²) in [5.41, 5.74) is 1.70. The van der Waals surface area contributed by atoms with Crippen molar-refractivity contribution in [3.63, 3.8) is 0 Å². The van der Waals surface area contributed by atoms with Gasteiger partial charge in [-0.2, -0.15) is 0 Å². The van der Waals surface area contributed by atoms with Crippen LogP contribution in [0.15, 0.2) is 48.7 Å². The maximum absolute atomic E-state index is 13.4. The van der Waals surface area contributed by atoms with Crippen LogP contribution in [0.1, 0.15) is 34.8 Å². The molecule has 6 nitrogen and oxygen atoms in total. The highest BCUT2D eigenvalue weighted by atomic mass is 16.5. The highest BCUT2D eigenvalue weighted by Crippen LogP contribution is 2.32. The lowest BCUT2D eigenvalue weighted by atomic mass is 9.96. The zero-order valence-electron chi connectivity index (χ0n) is 16.3. The summed E-state index contributed by atoms with van der Waals surface area (Å²) in [6.07, 6.45) is 4.05. The molecular formula is C22H27N3O3. The normalized spacial score (nSPS) is 23.0. The standard InChI is InChI=1S/C22H27N3O3/c1-27-20-15-18(9-10-23-20)22(26)25-13-14-28-19(16-24-11-5-6-12-24)21(25)17-7-3-2-4-8-17/h2-4,7-10,15,19,21H,5-6,11-14,16H2,1H3/t19-,21-/m0/s1. The molecule has 3 heterocycles. The van der Waals surface area contributed by atoms with Gasteiger partial charge in [-0.25, -0.2) is 4.98 Å². The van der Waals surface area contributed by atoms with E-state index in [9.17, 15) is 4.79 Å². The number of hydrogen-bond acceptors (Lipinski definition) is 5. The first-order valence-corrected chi connectivity index (χ1v) is 9.96. The Morgan fingerprint density at radius 3 is 2.71 bits per heavy atom. The number of amides is 1. The molecule has 1 amide bonds. The Balaban J connectivity index is 1.64. The van der Waals surface area contributed by atoms with Crippen LogP contribution < -0.4 is 4.74 Å². The molecule has 0 N–H and O–H groups in total. The van der Waals surface area contributed by atoms with Gasteiger partial charge in [0.1, 0.15) is 0 Å². The third kappa shape index (κ3) is 4.03. The van der Waals surface area contributed by atoms with Crippen molar-refractivity contribution in [2.45, 2.75) is 25.0 Å². The quantitative estimate of drug-likeness (QED) is 0.797. The van der Waals surface area contributed by atoms with E-state index < -0.39 is 0 Å². The van der Waals surface area contributed by atoms with Crippen LogP contribution in [0, 0.1) is 0 Å². The first-order valence-electron chi connectivity index (χ1n) is 9.96. The highest BCUT2D eigenvalue weighted by molar-refractivity contribution is 5.94. The van der Waals surface area contributed by atoms with Crippen molar-refractivity contribution < 1.29 is 14.3 Å². The second-order valence-corrected chi connectivity index (χ2v) is 7.36. The Bertz CT molecular complexity index is 793. The van der Waals surface area contributed by atoms with Gasteiger partial charge < -0.3 is 19.3 Å². The molecule has 0 saturated carbocycles. The number of methoxy groups -OCH3 is 1. The average molecular weight is 381 g/mol. The lowest BCUT2D eigenvalue weighted by molar-refractivity contribution is -0.0707. The van der Waals surface area contributed by atoms with E-state index in [0.717, 1.165) is 25.2 Å². The summed E-state index contributed by atoms with van der Waals surface area (Å²) in [6, 6.07) is 13.6. The third-order valence-electron chi connectivity index (χ3n) is 5.58. The summed E-state index contributed by atoms with van der Waals surface area (Å²) in [6.45, 7) is 4.19. The fraction of sp³-hybridized carbons (Fsp3) is 0.455. The van der Waals surface area contributed by atoms with Gasteiger partial charge in [0.25, 0.3) is 5.91 Å². The maximum atomic E-state index is 13.4. The topological polar surface area (TPSA) is 54.9 Å². The molecule has 28 heavy (non-hydrogen) atoms. The Hall–Kier alpha value is -2.44. The van der Waals surface area contributed by atoms with Gasteiger partial charge >= 0.3 is 0 Å². The second kappa shape index (κ2) is 8.71. The van der Waals surface area contributed by atoms with Crippen molar-refractivity contribution in [3.05, 3.63) is 59.8 Å². The molecule has 148 valence electrons. The Morgan fingerprint density at radius 1 is 1.18 bits per heavy atom. The summed E-state index contributed by atoms with van der Waals surface area (Å²) < 4.78 is 11.4. The van der Waals surface area contributed by atoms with Gasteiger partial charge in [-0.15, -0.1) is 0 Å². The van der Waals surface area contributed by atoms with Crippen LogP contribution in [-0.2, 0) is 4.74 Å². The highest BCUT2D eigenvalue weighted by Gasteiger charge is 2.38. The molecule has 0 unspecified atom stereocenters. The molecule has 2 aliphatic rings. The predicted octanol–water partition coefficient (Wildman–Crippen LogP) is 2.77. The number of likely N-dealkylation sites (tertiary alicyclic amines) is 1. The third-order valence-corrected chi connectivity index (χ3v) is 5.58. The van der Waals surface area contributed by atoms with Crippen LogP contribution in [-0.4, -0.2) is 66.7 Å². The van der Waals surface area contributed by atoms with Gasteiger partial charge in [-0.05, 0) is 37.6 Å². The van der Waals surface area contributed by atoms with Crippen LogP contribution in [0.25, 0.3) is 0 Å². The number of aromatic nitrogens is 1.